The highest BCUT2D eigenvalue weighted by atomic mass is 16.5. The summed E-state index contributed by atoms with van der Waals surface area (Å²) >= 11 is 0. The minimum atomic E-state index is -0.0868. The van der Waals surface area contributed by atoms with E-state index < -0.39 is 0 Å². The van der Waals surface area contributed by atoms with Crippen molar-refractivity contribution in [1.29, 1.82) is 0 Å². The first-order valence-electron chi connectivity index (χ1n) is 6.28. The van der Waals surface area contributed by atoms with Gasteiger partial charge in [0.1, 0.15) is 6.10 Å². The Morgan fingerprint density at radius 1 is 1.20 bits per heavy atom. The molecule has 4 fully saturated rings. The summed E-state index contributed by atoms with van der Waals surface area (Å²) in [4.78, 5) is 12.1. The maximum Gasteiger partial charge on any atom is 0.312 e. The average molecular weight is 208 g/mol. The van der Waals surface area contributed by atoms with Crippen molar-refractivity contribution in [1.82, 2.24) is 0 Å². The molecule has 2 aliphatic carbocycles. The molecule has 4 aliphatic rings. The van der Waals surface area contributed by atoms with Crippen LogP contribution in [0.2, 0.25) is 0 Å². The quantitative estimate of drug-likeness (QED) is 0.572. The molecule has 0 aromatic carbocycles. The number of carbonyl (C=O) groups excluding carboxylic acids is 1. The molecule has 15 heavy (non-hydrogen) atoms. The fourth-order valence-corrected chi connectivity index (χ4v) is 4.41. The summed E-state index contributed by atoms with van der Waals surface area (Å²) in [5.74, 6) is 0.710. The highest BCUT2D eigenvalue weighted by Crippen LogP contribution is 2.62. The normalized spacial score (nSPS) is 47.2. The molecule has 0 radical (unpaired) electrons. The molecule has 0 amide bonds. The van der Waals surface area contributed by atoms with Gasteiger partial charge < -0.3 is 4.74 Å². The second kappa shape index (κ2) is 2.78. The van der Waals surface area contributed by atoms with Gasteiger partial charge in [-0.05, 0) is 31.6 Å². The molecule has 2 aliphatic heterocycles. The van der Waals surface area contributed by atoms with Gasteiger partial charge in [-0.15, -0.1) is 0 Å². The molecule has 2 heteroatoms. The van der Waals surface area contributed by atoms with E-state index in [0.717, 1.165) is 19.3 Å². The van der Waals surface area contributed by atoms with E-state index in [1.54, 1.807) is 0 Å². The number of fused-ring (bicyclic) bond motifs is 2. The van der Waals surface area contributed by atoms with Crippen LogP contribution in [0.15, 0.2) is 0 Å². The van der Waals surface area contributed by atoms with Gasteiger partial charge in [0, 0.05) is 5.41 Å². The lowest BCUT2D eigenvalue weighted by Gasteiger charge is -2.60. The van der Waals surface area contributed by atoms with Gasteiger partial charge in [-0.25, -0.2) is 0 Å². The molecular weight excluding hydrogens is 188 g/mol. The number of rotatable bonds is 0. The van der Waals surface area contributed by atoms with Gasteiger partial charge in [0.15, 0.2) is 0 Å². The largest absolute Gasteiger partial charge is 0.461 e. The van der Waals surface area contributed by atoms with E-state index in [-0.39, 0.29) is 22.9 Å². The standard InChI is InChI=1S/C13H20O2/c1-12(2)9-5-3-4-7-13(9)8-6-10(12)15-11(13)14/h9-10H,3-8H2,1-2H3. The van der Waals surface area contributed by atoms with Crippen LogP contribution in [0.3, 0.4) is 0 Å². The Balaban J connectivity index is 2.06. The van der Waals surface area contributed by atoms with Crippen LogP contribution in [0.4, 0.5) is 0 Å². The summed E-state index contributed by atoms with van der Waals surface area (Å²) in [6.07, 6.45) is 7.20. The van der Waals surface area contributed by atoms with Crippen LogP contribution >= 0.6 is 0 Å². The lowest BCUT2D eigenvalue weighted by Crippen LogP contribution is -2.62. The first kappa shape index (κ1) is 9.68. The third kappa shape index (κ3) is 1.03. The van der Waals surface area contributed by atoms with Crippen molar-refractivity contribution in [2.24, 2.45) is 16.7 Å². The van der Waals surface area contributed by atoms with Crippen molar-refractivity contribution < 1.29 is 9.53 Å². The molecule has 0 aromatic rings. The Morgan fingerprint density at radius 3 is 2.67 bits per heavy atom. The van der Waals surface area contributed by atoms with Crippen LogP contribution in [-0.2, 0) is 9.53 Å². The SMILES string of the molecule is CC1(C)C2CCC3(CCCCC31)C(=O)O2. The fourth-order valence-electron chi connectivity index (χ4n) is 4.41. The van der Waals surface area contributed by atoms with Gasteiger partial charge >= 0.3 is 5.97 Å². The zero-order chi connectivity index (χ0) is 10.7. The van der Waals surface area contributed by atoms with E-state index in [1.807, 2.05) is 0 Å². The summed E-state index contributed by atoms with van der Waals surface area (Å²) in [5.41, 5.74) is 0.128. The molecule has 84 valence electrons. The molecule has 2 heterocycles. The molecule has 2 saturated carbocycles. The first-order valence-corrected chi connectivity index (χ1v) is 6.28. The number of ether oxygens (including phenoxy) is 1. The van der Waals surface area contributed by atoms with Gasteiger partial charge in [-0.3, -0.25) is 4.79 Å². The Kier molecular flexibility index (Phi) is 1.79. The number of hydrogen-bond donors (Lipinski definition) is 0. The Morgan fingerprint density at radius 2 is 2.00 bits per heavy atom. The maximum absolute atomic E-state index is 12.1. The van der Waals surface area contributed by atoms with E-state index in [9.17, 15) is 4.79 Å². The summed E-state index contributed by atoms with van der Waals surface area (Å²) in [6, 6.07) is 0. The van der Waals surface area contributed by atoms with Crippen LogP contribution in [-0.4, -0.2) is 12.1 Å². The summed E-state index contributed by atoms with van der Waals surface area (Å²) < 4.78 is 5.62. The highest BCUT2D eigenvalue weighted by Gasteiger charge is 2.63. The molecule has 1 spiro atoms. The fraction of sp³-hybridized carbons (Fsp3) is 0.923. The van der Waals surface area contributed by atoms with Crippen molar-refractivity contribution >= 4 is 5.97 Å². The molecule has 0 N–H and O–H groups in total. The molecule has 2 bridgehead atoms. The minimum absolute atomic E-state index is 0.0868. The summed E-state index contributed by atoms with van der Waals surface area (Å²) in [5, 5.41) is 0. The van der Waals surface area contributed by atoms with E-state index in [0.29, 0.717) is 5.92 Å². The molecule has 4 rings (SSSR count). The van der Waals surface area contributed by atoms with E-state index >= 15 is 0 Å². The third-order valence-electron chi connectivity index (χ3n) is 5.27. The van der Waals surface area contributed by atoms with Crippen molar-refractivity contribution in [2.45, 2.75) is 58.5 Å². The molecule has 2 nitrogen and oxygen atoms in total. The Labute approximate surface area is 91.4 Å². The molecular formula is C13H20O2. The van der Waals surface area contributed by atoms with E-state index in [1.165, 1.54) is 19.3 Å². The second-order valence-electron chi connectivity index (χ2n) is 6.21. The lowest BCUT2D eigenvalue weighted by atomic mass is 9.48. The minimum Gasteiger partial charge on any atom is -0.461 e. The van der Waals surface area contributed by atoms with Crippen molar-refractivity contribution in [2.75, 3.05) is 0 Å². The first-order chi connectivity index (χ1) is 7.07. The molecule has 3 atom stereocenters. The third-order valence-corrected chi connectivity index (χ3v) is 5.27. The van der Waals surface area contributed by atoms with Crippen LogP contribution in [0, 0.1) is 16.7 Å². The Hall–Kier alpha value is -0.530. The predicted octanol–water partition coefficient (Wildman–Crippen LogP) is 2.91. The summed E-state index contributed by atoms with van der Waals surface area (Å²) in [7, 11) is 0. The molecule has 3 unspecified atom stereocenters. The number of hydrogen-bond acceptors (Lipinski definition) is 2. The zero-order valence-corrected chi connectivity index (χ0v) is 9.71. The maximum atomic E-state index is 12.1. The van der Waals surface area contributed by atoms with Crippen LogP contribution < -0.4 is 0 Å². The molecule has 0 aromatic heterocycles. The van der Waals surface area contributed by atoms with Gasteiger partial charge in [0.25, 0.3) is 0 Å². The monoisotopic (exact) mass is 208 g/mol. The van der Waals surface area contributed by atoms with Gasteiger partial charge in [0.05, 0.1) is 5.41 Å². The van der Waals surface area contributed by atoms with Crippen LogP contribution in [0.25, 0.3) is 0 Å². The Bertz CT molecular complexity index is 304. The average Bonchev–Trinajstić information content (AvgIpc) is 2.21. The van der Waals surface area contributed by atoms with Crippen LogP contribution in [0.5, 0.6) is 0 Å². The van der Waals surface area contributed by atoms with Crippen LogP contribution in [0.1, 0.15) is 52.4 Å². The summed E-state index contributed by atoms with van der Waals surface area (Å²) in [6.45, 7) is 4.60. The smallest absolute Gasteiger partial charge is 0.312 e. The molecule has 2 saturated heterocycles. The van der Waals surface area contributed by atoms with Crippen molar-refractivity contribution in [3.8, 4) is 0 Å². The number of carbonyl (C=O) groups is 1. The number of esters is 1. The lowest BCUT2D eigenvalue weighted by molar-refractivity contribution is -0.228. The van der Waals surface area contributed by atoms with E-state index in [2.05, 4.69) is 13.8 Å². The van der Waals surface area contributed by atoms with Crippen molar-refractivity contribution in [3.63, 3.8) is 0 Å². The second-order valence-corrected chi connectivity index (χ2v) is 6.21. The van der Waals surface area contributed by atoms with E-state index in [4.69, 9.17) is 4.74 Å². The zero-order valence-electron chi connectivity index (χ0n) is 9.71. The van der Waals surface area contributed by atoms with Gasteiger partial charge in [-0.2, -0.15) is 0 Å². The van der Waals surface area contributed by atoms with Gasteiger partial charge in [-0.1, -0.05) is 26.7 Å². The predicted molar refractivity (Wildman–Crippen MR) is 57.3 cm³/mol. The highest BCUT2D eigenvalue weighted by molar-refractivity contribution is 5.79. The van der Waals surface area contributed by atoms with Crippen molar-refractivity contribution in [3.05, 3.63) is 0 Å². The van der Waals surface area contributed by atoms with Gasteiger partial charge in [0.2, 0.25) is 0 Å². The topological polar surface area (TPSA) is 26.3 Å².